The Morgan fingerprint density at radius 1 is 0.789 bits per heavy atom. The van der Waals surface area contributed by atoms with E-state index in [2.05, 4.69) is 0 Å². The minimum absolute atomic E-state index is 0.386. The van der Waals surface area contributed by atoms with Crippen LogP contribution in [0, 0.1) is 0 Å². The van der Waals surface area contributed by atoms with Gasteiger partial charge in [0.15, 0.2) is 3.79 Å². The summed E-state index contributed by atoms with van der Waals surface area (Å²) in [6.07, 6.45) is 0.386. The zero-order valence-corrected chi connectivity index (χ0v) is 12.4. The number of ether oxygens (including phenoxy) is 1. The molecule has 0 heterocycles. The summed E-state index contributed by atoms with van der Waals surface area (Å²) in [6, 6.07) is 17.6. The fourth-order valence-electron chi connectivity index (χ4n) is 1.68. The van der Waals surface area contributed by atoms with Crippen LogP contribution in [0.5, 0.6) is 5.75 Å². The van der Waals surface area contributed by atoms with E-state index < -0.39 is 3.79 Å². The third-order valence-corrected chi connectivity index (χ3v) is 2.98. The van der Waals surface area contributed by atoms with E-state index in [4.69, 9.17) is 39.5 Å². The Balaban J connectivity index is 1.92. The molecule has 0 atom stereocenters. The van der Waals surface area contributed by atoms with E-state index in [1.165, 1.54) is 0 Å². The molecule has 0 saturated carbocycles. The van der Waals surface area contributed by atoms with Crippen molar-refractivity contribution < 1.29 is 4.74 Å². The first-order valence-corrected chi connectivity index (χ1v) is 6.99. The van der Waals surface area contributed by atoms with Crippen molar-refractivity contribution >= 4 is 34.8 Å². The van der Waals surface area contributed by atoms with Gasteiger partial charge in [-0.15, -0.1) is 0 Å². The first kappa shape index (κ1) is 14.5. The lowest BCUT2D eigenvalue weighted by Gasteiger charge is -2.11. The maximum absolute atomic E-state index is 5.75. The van der Waals surface area contributed by atoms with E-state index in [-0.39, 0.29) is 0 Å². The monoisotopic (exact) mass is 314 g/mol. The van der Waals surface area contributed by atoms with Gasteiger partial charge in [-0.05, 0) is 23.3 Å². The molecule has 19 heavy (non-hydrogen) atoms. The zero-order chi connectivity index (χ0) is 13.7. The molecule has 0 saturated heterocycles. The molecule has 0 aromatic heterocycles. The Bertz CT molecular complexity index is 503. The van der Waals surface area contributed by atoms with Crippen LogP contribution in [0.3, 0.4) is 0 Å². The van der Waals surface area contributed by atoms with Gasteiger partial charge in [-0.2, -0.15) is 0 Å². The van der Waals surface area contributed by atoms with Crippen LogP contribution in [-0.2, 0) is 13.0 Å². The second-order valence-corrected chi connectivity index (χ2v) is 6.73. The molecule has 0 N–H and O–H groups in total. The van der Waals surface area contributed by atoms with E-state index in [0.29, 0.717) is 13.0 Å². The maximum Gasteiger partial charge on any atom is 0.194 e. The summed E-state index contributed by atoms with van der Waals surface area (Å²) in [4.78, 5) is 0. The number of hydrogen-bond donors (Lipinski definition) is 0. The Morgan fingerprint density at radius 3 is 2.00 bits per heavy atom. The molecule has 1 nitrogen and oxygen atoms in total. The molecule has 0 aliphatic heterocycles. The molecule has 0 unspecified atom stereocenters. The molecule has 2 aromatic rings. The molecular formula is C15H13Cl3O. The van der Waals surface area contributed by atoms with Crippen molar-refractivity contribution in [3.05, 3.63) is 65.7 Å². The average Bonchev–Trinajstić information content (AvgIpc) is 2.37. The molecule has 0 bridgehead atoms. The summed E-state index contributed by atoms with van der Waals surface area (Å²) < 4.78 is 4.42. The minimum atomic E-state index is -1.26. The number of rotatable bonds is 4. The Labute approximate surface area is 128 Å². The quantitative estimate of drug-likeness (QED) is 0.707. The van der Waals surface area contributed by atoms with Crippen molar-refractivity contribution in [2.45, 2.75) is 16.8 Å². The van der Waals surface area contributed by atoms with E-state index in [0.717, 1.165) is 16.9 Å². The van der Waals surface area contributed by atoms with Gasteiger partial charge in [0.05, 0.1) is 0 Å². The van der Waals surface area contributed by atoms with Gasteiger partial charge in [0.25, 0.3) is 0 Å². The summed E-state index contributed by atoms with van der Waals surface area (Å²) in [6.45, 7) is 0.546. The van der Waals surface area contributed by atoms with Gasteiger partial charge < -0.3 is 4.74 Å². The van der Waals surface area contributed by atoms with Crippen LogP contribution in [0.4, 0.5) is 0 Å². The largest absolute Gasteiger partial charge is 0.489 e. The first-order valence-electron chi connectivity index (χ1n) is 5.85. The molecule has 0 aliphatic carbocycles. The predicted octanol–water partition coefficient (Wildman–Crippen LogP) is 5.18. The number of alkyl halides is 3. The fourth-order valence-corrected chi connectivity index (χ4v) is 2.14. The number of benzene rings is 2. The van der Waals surface area contributed by atoms with Gasteiger partial charge in [0.1, 0.15) is 12.4 Å². The highest BCUT2D eigenvalue weighted by Gasteiger charge is 2.19. The topological polar surface area (TPSA) is 9.23 Å². The lowest BCUT2D eigenvalue weighted by Crippen LogP contribution is -2.06. The van der Waals surface area contributed by atoms with Crippen molar-refractivity contribution in [3.8, 4) is 5.75 Å². The zero-order valence-electron chi connectivity index (χ0n) is 10.2. The Morgan fingerprint density at radius 2 is 1.42 bits per heavy atom. The van der Waals surface area contributed by atoms with Crippen LogP contribution in [0.1, 0.15) is 11.1 Å². The molecule has 0 radical (unpaired) electrons. The summed E-state index contributed by atoms with van der Waals surface area (Å²) in [5, 5.41) is 0. The van der Waals surface area contributed by atoms with E-state index in [1.54, 1.807) is 0 Å². The van der Waals surface area contributed by atoms with Gasteiger partial charge in [-0.3, -0.25) is 0 Å². The van der Waals surface area contributed by atoms with Crippen molar-refractivity contribution in [1.82, 2.24) is 0 Å². The van der Waals surface area contributed by atoms with Crippen molar-refractivity contribution in [3.63, 3.8) is 0 Å². The number of halogens is 3. The standard InChI is InChI=1S/C15H13Cl3O/c16-15(17,18)10-12-6-8-14(9-7-12)19-11-13-4-2-1-3-5-13/h1-9H,10-11H2. The van der Waals surface area contributed by atoms with Crippen LogP contribution in [0.15, 0.2) is 54.6 Å². The highest BCUT2D eigenvalue weighted by atomic mass is 35.6. The van der Waals surface area contributed by atoms with Gasteiger partial charge in [0, 0.05) is 6.42 Å². The Hall–Kier alpha value is -0.890. The maximum atomic E-state index is 5.75. The normalized spacial score (nSPS) is 11.3. The molecule has 4 heteroatoms. The fraction of sp³-hybridized carbons (Fsp3) is 0.200. The van der Waals surface area contributed by atoms with Gasteiger partial charge in [-0.25, -0.2) is 0 Å². The molecule has 2 rings (SSSR count). The molecule has 0 fully saturated rings. The third kappa shape index (κ3) is 5.32. The Kier molecular flexibility index (Phi) is 4.98. The molecule has 0 spiro atoms. The number of hydrogen-bond acceptors (Lipinski definition) is 1. The summed E-state index contributed by atoms with van der Waals surface area (Å²) in [5.41, 5.74) is 2.10. The second-order valence-electron chi connectivity index (χ2n) is 4.21. The molecule has 100 valence electrons. The van der Waals surface area contributed by atoms with Crippen LogP contribution < -0.4 is 4.74 Å². The van der Waals surface area contributed by atoms with Gasteiger partial charge in [0.2, 0.25) is 0 Å². The van der Waals surface area contributed by atoms with E-state index in [1.807, 2.05) is 54.6 Å². The lowest BCUT2D eigenvalue weighted by molar-refractivity contribution is 0.306. The third-order valence-electron chi connectivity index (χ3n) is 2.58. The van der Waals surface area contributed by atoms with Gasteiger partial charge >= 0.3 is 0 Å². The highest BCUT2D eigenvalue weighted by Crippen LogP contribution is 2.30. The van der Waals surface area contributed by atoms with Crippen molar-refractivity contribution in [2.24, 2.45) is 0 Å². The summed E-state index contributed by atoms with van der Waals surface area (Å²) in [7, 11) is 0. The molecule has 0 amide bonds. The highest BCUT2D eigenvalue weighted by molar-refractivity contribution is 6.67. The minimum Gasteiger partial charge on any atom is -0.489 e. The van der Waals surface area contributed by atoms with Crippen LogP contribution in [0.2, 0.25) is 0 Å². The SMILES string of the molecule is ClC(Cl)(Cl)Cc1ccc(OCc2ccccc2)cc1. The van der Waals surface area contributed by atoms with Crippen LogP contribution in [-0.4, -0.2) is 3.79 Å². The lowest BCUT2D eigenvalue weighted by atomic mass is 10.1. The average molecular weight is 316 g/mol. The van der Waals surface area contributed by atoms with E-state index in [9.17, 15) is 0 Å². The van der Waals surface area contributed by atoms with Crippen molar-refractivity contribution in [1.29, 1.82) is 0 Å². The summed E-state index contributed by atoms with van der Waals surface area (Å²) in [5.74, 6) is 0.803. The molecular weight excluding hydrogens is 303 g/mol. The predicted molar refractivity (Wildman–Crippen MR) is 81.2 cm³/mol. The molecule has 2 aromatic carbocycles. The molecule has 0 aliphatic rings. The van der Waals surface area contributed by atoms with Crippen molar-refractivity contribution in [2.75, 3.05) is 0 Å². The smallest absolute Gasteiger partial charge is 0.194 e. The first-order chi connectivity index (χ1) is 9.03. The van der Waals surface area contributed by atoms with Crippen LogP contribution >= 0.6 is 34.8 Å². The van der Waals surface area contributed by atoms with Crippen LogP contribution in [0.25, 0.3) is 0 Å². The summed E-state index contributed by atoms with van der Waals surface area (Å²) >= 11 is 17.2. The second kappa shape index (κ2) is 6.51. The van der Waals surface area contributed by atoms with E-state index >= 15 is 0 Å². The van der Waals surface area contributed by atoms with Gasteiger partial charge in [-0.1, -0.05) is 77.3 Å².